The molecule has 0 spiro atoms. The van der Waals surface area contributed by atoms with Gasteiger partial charge >= 0.3 is 0 Å². The quantitative estimate of drug-likeness (QED) is 0.515. The number of hydrogen-bond donors (Lipinski definition) is 2. The Bertz CT molecular complexity index is 1250. The summed E-state index contributed by atoms with van der Waals surface area (Å²) in [4.78, 5) is 16.2. The standard InChI is InChI=1S/C24H23N7O/c1-2-18-14-17(3-5-20(18)25-9-1)16-31-24-22(28-29-31)7-6-21(27-24)19-4-8-23(26-15-19)30-10-12-32-13-11-30/h1-9,14-15,28-29H,10-13,16H2. The van der Waals surface area contributed by atoms with Gasteiger partial charge < -0.3 is 15.1 Å². The van der Waals surface area contributed by atoms with Gasteiger partial charge in [-0.15, -0.1) is 5.53 Å². The van der Waals surface area contributed by atoms with E-state index >= 15 is 0 Å². The summed E-state index contributed by atoms with van der Waals surface area (Å²) in [5.41, 5.74) is 11.4. The highest BCUT2D eigenvalue weighted by Gasteiger charge is 2.21. The van der Waals surface area contributed by atoms with Crippen molar-refractivity contribution in [3.8, 4) is 11.3 Å². The number of hydrazine groups is 2. The Hall–Kier alpha value is -3.75. The van der Waals surface area contributed by atoms with Gasteiger partial charge in [0.15, 0.2) is 5.82 Å². The van der Waals surface area contributed by atoms with Crippen molar-refractivity contribution in [2.24, 2.45) is 0 Å². The van der Waals surface area contributed by atoms with E-state index in [0.717, 1.165) is 65.8 Å². The molecule has 0 atom stereocenters. The van der Waals surface area contributed by atoms with E-state index in [9.17, 15) is 0 Å². The summed E-state index contributed by atoms with van der Waals surface area (Å²) in [6.45, 7) is 3.93. The fourth-order valence-corrected chi connectivity index (χ4v) is 4.13. The van der Waals surface area contributed by atoms with Gasteiger partial charge in [0.2, 0.25) is 0 Å². The molecular weight excluding hydrogens is 402 g/mol. The summed E-state index contributed by atoms with van der Waals surface area (Å²) in [7, 11) is 0. The topological polar surface area (TPSA) is 78.4 Å². The third kappa shape index (κ3) is 3.59. The number of benzene rings is 1. The summed E-state index contributed by atoms with van der Waals surface area (Å²) < 4.78 is 5.43. The smallest absolute Gasteiger partial charge is 0.170 e. The summed E-state index contributed by atoms with van der Waals surface area (Å²) >= 11 is 0. The average Bonchev–Trinajstić information content (AvgIpc) is 3.26. The second-order valence-electron chi connectivity index (χ2n) is 7.93. The first-order valence-electron chi connectivity index (χ1n) is 10.8. The molecule has 0 aliphatic carbocycles. The number of morpholine rings is 1. The van der Waals surface area contributed by atoms with Crippen LogP contribution in [0, 0.1) is 0 Å². The minimum Gasteiger partial charge on any atom is -0.378 e. The number of rotatable bonds is 4. The van der Waals surface area contributed by atoms with Crippen molar-refractivity contribution in [2.45, 2.75) is 6.54 Å². The molecule has 3 aromatic heterocycles. The minimum atomic E-state index is 0.676. The maximum absolute atomic E-state index is 5.43. The van der Waals surface area contributed by atoms with E-state index in [1.165, 1.54) is 5.56 Å². The van der Waals surface area contributed by atoms with Gasteiger partial charge in [-0.05, 0) is 48.0 Å². The number of nitrogens with one attached hydrogen (secondary N) is 2. The van der Waals surface area contributed by atoms with Crippen molar-refractivity contribution in [3.05, 3.63) is 72.6 Å². The lowest BCUT2D eigenvalue weighted by molar-refractivity contribution is 0.122. The van der Waals surface area contributed by atoms with E-state index in [0.29, 0.717) is 6.54 Å². The van der Waals surface area contributed by atoms with Gasteiger partial charge in [0.25, 0.3) is 0 Å². The maximum atomic E-state index is 5.43. The third-order valence-electron chi connectivity index (χ3n) is 5.84. The molecule has 4 aromatic rings. The highest BCUT2D eigenvalue weighted by Crippen LogP contribution is 2.31. The largest absolute Gasteiger partial charge is 0.378 e. The second kappa shape index (κ2) is 8.07. The van der Waals surface area contributed by atoms with Crippen LogP contribution in [-0.4, -0.2) is 41.3 Å². The van der Waals surface area contributed by atoms with Gasteiger partial charge in [0.1, 0.15) is 5.82 Å². The van der Waals surface area contributed by atoms with E-state index in [-0.39, 0.29) is 0 Å². The molecule has 160 valence electrons. The van der Waals surface area contributed by atoms with E-state index < -0.39 is 0 Å². The molecule has 2 N–H and O–H groups in total. The van der Waals surface area contributed by atoms with Crippen molar-refractivity contribution in [1.82, 2.24) is 20.5 Å². The van der Waals surface area contributed by atoms with Crippen LogP contribution in [-0.2, 0) is 11.3 Å². The van der Waals surface area contributed by atoms with Crippen LogP contribution in [0.2, 0.25) is 0 Å². The minimum absolute atomic E-state index is 0.676. The molecular formula is C24H23N7O. The van der Waals surface area contributed by atoms with E-state index in [4.69, 9.17) is 9.72 Å². The van der Waals surface area contributed by atoms with Crippen LogP contribution < -0.4 is 20.9 Å². The number of nitrogens with zero attached hydrogens (tertiary/aromatic N) is 5. The lowest BCUT2D eigenvalue weighted by Crippen LogP contribution is -2.36. The number of aromatic nitrogens is 3. The van der Waals surface area contributed by atoms with E-state index in [1.54, 1.807) is 0 Å². The highest BCUT2D eigenvalue weighted by atomic mass is 16.5. The van der Waals surface area contributed by atoms with E-state index in [2.05, 4.69) is 62.2 Å². The van der Waals surface area contributed by atoms with Crippen LogP contribution in [0.15, 0.2) is 67.0 Å². The molecule has 2 aliphatic heterocycles. The van der Waals surface area contributed by atoms with Crippen LogP contribution in [0.25, 0.3) is 22.2 Å². The number of pyridine rings is 3. The Balaban J connectivity index is 1.24. The van der Waals surface area contributed by atoms with Gasteiger partial charge in [-0.2, -0.15) is 0 Å². The molecule has 0 unspecified atom stereocenters. The molecule has 0 saturated carbocycles. The van der Waals surface area contributed by atoms with Crippen molar-refractivity contribution in [2.75, 3.05) is 41.6 Å². The Morgan fingerprint density at radius 1 is 0.969 bits per heavy atom. The molecule has 6 rings (SSSR count). The molecule has 1 fully saturated rings. The van der Waals surface area contributed by atoms with Gasteiger partial charge in [0.05, 0.1) is 36.7 Å². The number of ether oxygens (including phenoxy) is 1. The zero-order valence-corrected chi connectivity index (χ0v) is 17.5. The van der Waals surface area contributed by atoms with Gasteiger partial charge in [-0.3, -0.25) is 9.99 Å². The van der Waals surface area contributed by atoms with Crippen molar-refractivity contribution in [3.63, 3.8) is 0 Å². The Labute approximate surface area is 185 Å². The first-order chi connectivity index (χ1) is 15.8. The van der Waals surface area contributed by atoms with Crippen LogP contribution in [0.5, 0.6) is 0 Å². The zero-order chi connectivity index (χ0) is 21.3. The molecule has 8 heteroatoms. The Morgan fingerprint density at radius 2 is 1.91 bits per heavy atom. The van der Waals surface area contributed by atoms with Crippen molar-refractivity contribution in [1.29, 1.82) is 0 Å². The maximum Gasteiger partial charge on any atom is 0.170 e. The predicted octanol–water partition coefficient (Wildman–Crippen LogP) is 3.38. The lowest BCUT2D eigenvalue weighted by atomic mass is 10.1. The van der Waals surface area contributed by atoms with Gasteiger partial charge in [0, 0.05) is 36.4 Å². The predicted molar refractivity (Wildman–Crippen MR) is 125 cm³/mol. The fraction of sp³-hybridized carbons (Fsp3) is 0.208. The van der Waals surface area contributed by atoms with Crippen LogP contribution in [0.4, 0.5) is 17.3 Å². The van der Waals surface area contributed by atoms with Crippen LogP contribution >= 0.6 is 0 Å². The molecule has 0 radical (unpaired) electrons. The lowest BCUT2D eigenvalue weighted by Gasteiger charge is -2.27. The summed E-state index contributed by atoms with van der Waals surface area (Å²) in [5.74, 6) is 1.85. The molecule has 8 nitrogen and oxygen atoms in total. The fourth-order valence-electron chi connectivity index (χ4n) is 4.13. The zero-order valence-electron chi connectivity index (χ0n) is 17.5. The summed E-state index contributed by atoms with van der Waals surface area (Å²) in [6, 6.07) is 18.6. The first kappa shape index (κ1) is 19.0. The van der Waals surface area contributed by atoms with Crippen LogP contribution in [0.3, 0.4) is 0 Å². The molecule has 1 aromatic carbocycles. The molecule has 32 heavy (non-hydrogen) atoms. The average molecular weight is 425 g/mol. The molecule has 5 heterocycles. The monoisotopic (exact) mass is 425 g/mol. The van der Waals surface area contributed by atoms with E-state index in [1.807, 2.05) is 35.6 Å². The number of fused-ring (bicyclic) bond motifs is 2. The Kier molecular flexibility index (Phi) is 4.78. The van der Waals surface area contributed by atoms with Crippen molar-refractivity contribution >= 4 is 28.2 Å². The molecule has 0 amide bonds. The first-order valence-corrected chi connectivity index (χ1v) is 10.8. The highest BCUT2D eigenvalue weighted by molar-refractivity contribution is 5.79. The molecule has 1 saturated heterocycles. The van der Waals surface area contributed by atoms with Crippen molar-refractivity contribution < 1.29 is 4.74 Å². The van der Waals surface area contributed by atoms with Gasteiger partial charge in [-0.25, -0.2) is 9.97 Å². The molecule has 0 bridgehead atoms. The Morgan fingerprint density at radius 3 is 2.78 bits per heavy atom. The summed E-state index contributed by atoms with van der Waals surface area (Å²) in [5, 5.41) is 3.15. The third-order valence-corrected chi connectivity index (χ3v) is 5.84. The summed E-state index contributed by atoms with van der Waals surface area (Å²) in [6.07, 6.45) is 3.72. The SMILES string of the molecule is c1cnc2ccc(CN3NNc4ccc(-c5ccc(N6CCOCC6)nc5)nc43)cc2c1. The van der Waals surface area contributed by atoms with Crippen LogP contribution in [0.1, 0.15) is 5.56 Å². The van der Waals surface area contributed by atoms with Gasteiger partial charge in [-0.1, -0.05) is 12.1 Å². The second-order valence-corrected chi connectivity index (χ2v) is 7.93. The number of anilines is 3. The number of hydrogen-bond acceptors (Lipinski definition) is 8. The molecule has 2 aliphatic rings. The normalized spacial score (nSPS) is 15.6.